The monoisotopic (exact) mass is 400 g/mol. The van der Waals surface area contributed by atoms with E-state index in [-0.39, 0.29) is 4.90 Å². The van der Waals surface area contributed by atoms with Crippen LogP contribution in [0.3, 0.4) is 0 Å². The number of primary sulfonamides is 1. The molecule has 0 spiro atoms. The number of hydrogen-bond donors (Lipinski definition) is 3. The first kappa shape index (κ1) is 18.8. The van der Waals surface area contributed by atoms with E-state index in [4.69, 9.17) is 21.8 Å². The summed E-state index contributed by atoms with van der Waals surface area (Å²) in [6, 6.07) is 19.1. The standard InChI is InChI=1S/C18H16N4O3S2/c19-27(23,24)16-9-6-13(7-10-16)17-11-8-15(25-17)12-20-22-18(26)21-14-4-2-1-3-5-14/h1-12H,(H2,19,23,24)(H2,21,22,26)/b20-12-. The van der Waals surface area contributed by atoms with Crippen molar-refractivity contribution in [2.24, 2.45) is 10.2 Å². The third-order valence-corrected chi connectivity index (χ3v) is 4.61. The van der Waals surface area contributed by atoms with Gasteiger partial charge in [0, 0.05) is 11.3 Å². The van der Waals surface area contributed by atoms with Gasteiger partial charge in [0.15, 0.2) is 5.11 Å². The smallest absolute Gasteiger partial charge is 0.238 e. The lowest BCUT2D eigenvalue weighted by molar-refractivity contribution is 0.574. The zero-order valence-electron chi connectivity index (χ0n) is 14.0. The summed E-state index contributed by atoms with van der Waals surface area (Å²) in [5, 5.41) is 12.5. The molecule has 0 saturated heterocycles. The Labute approximate surface area is 161 Å². The molecule has 0 saturated carbocycles. The molecule has 2 aromatic carbocycles. The van der Waals surface area contributed by atoms with Crippen LogP contribution in [0, 0.1) is 0 Å². The SMILES string of the molecule is NS(=O)(=O)c1ccc(-c2ccc(/C=N\NC(=S)Nc3ccccc3)o2)cc1. The van der Waals surface area contributed by atoms with Crippen molar-refractivity contribution >= 4 is 39.3 Å². The minimum Gasteiger partial charge on any atom is -0.455 e. The number of sulfonamides is 1. The Morgan fingerprint density at radius 2 is 1.74 bits per heavy atom. The molecule has 3 aromatic rings. The highest BCUT2D eigenvalue weighted by molar-refractivity contribution is 7.89. The maximum absolute atomic E-state index is 11.3. The van der Waals surface area contributed by atoms with Crippen LogP contribution in [0.4, 0.5) is 5.69 Å². The van der Waals surface area contributed by atoms with E-state index in [1.165, 1.54) is 18.3 Å². The van der Waals surface area contributed by atoms with E-state index >= 15 is 0 Å². The Morgan fingerprint density at radius 1 is 1.04 bits per heavy atom. The van der Waals surface area contributed by atoms with Crippen LogP contribution in [-0.2, 0) is 10.0 Å². The van der Waals surface area contributed by atoms with E-state index in [1.807, 2.05) is 30.3 Å². The molecule has 0 aliphatic heterocycles. The summed E-state index contributed by atoms with van der Waals surface area (Å²) in [6.07, 6.45) is 1.49. The Kier molecular flexibility index (Phi) is 5.65. The molecule has 0 fully saturated rings. The number of nitrogens with two attached hydrogens (primary N) is 1. The van der Waals surface area contributed by atoms with Crippen LogP contribution >= 0.6 is 12.2 Å². The van der Waals surface area contributed by atoms with Crippen molar-refractivity contribution in [1.29, 1.82) is 0 Å². The zero-order valence-corrected chi connectivity index (χ0v) is 15.6. The summed E-state index contributed by atoms with van der Waals surface area (Å²) in [7, 11) is -3.72. The summed E-state index contributed by atoms with van der Waals surface area (Å²) in [6.45, 7) is 0. The topological polar surface area (TPSA) is 110 Å². The lowest BCUT2D eigenvalue weighted by Gasteiger charge is -2.05. The Hall–Kier alpha value is -3.01. The van der Waals surface area contributed by atoms with Crippen LogP contribution < -0.4 is 15.9 Å². The number of furan rings is 1. The number of thiocarbonyl (C=S) groups is 1. The minimum atomic E-state index is -3.72. The fourth-order valence-corrected chi connectivity index (χ4v) is 2.91. The summed E-state index contributed by atoms with van der Waals surface area (Å²) in [5.74, 6) is 1.08. The number of rotatable bonds is 5. The van der Waals surface area contributed by atoms with Gasteiger partial charge >= 0.3 is 0 Å². The molecule has 7 nitrogen and oxygen atoms in total. The van der Waals surface area contributed by atoms with Gasteiger partial charge in [-0.05, 0) is 60.7 Å². The normalized spacial score (nSPS) is 11.4. The Balaban J connectivity index is 1.60. The van der Waals surface area contributed by atoms with Crippen LogP contribution in [0.2, 0.25) is 0 Å². The number of hydrazone groups is 1. The molecule has 0 atom stereocenters. The molecule has 0 bridgehead atoms. The van der Waals surface area contributed by atoms with Crippen molar-refractivity contribution in [3.8, 4) is 11.3 Å². The van der Waals surface area contributed by atoms with Gasteiger partial charge in [-0.25, -0.2) is 13.6 Å². The van der Waals surface area contributed by atoms with Gasteiger partial charge in [0.25, 0.3) is 0 Å². The molecular formula is C18H16N4O3S2. The van der Waals surface area contributed by atoms with Crippen molar-refractivity contribution in [3.05, 3.63) is 72.5 Å². The molecule has 0 unspecified atom stereocenters. The number of hydrogen-bond acceptors (Lipinski definition) is 5. The highest BCUT2D eigenvalue weighted by Crippen LogP contribution is 2.22. The van der Waals surface area contributed by atoms with Crippen molar-refractivity contribution in [1.82, 2.24) is 5.43 Å². The predicted molar refractivity (Wildman–Crippen MR) is 109 cm³/mol. The van der Waals surface area contributed by atoms with E-state index < -0.39 is 10.0 Å². The van der Waals surface area contributed by atoms with Crippen molar-refractivity contribution in [3.63, 3.8) is 0 Å². The molecular weight excluding hydrogens is 384 g/mol. The zero-order chi connectivity index (χ0) is 19.3. The van der Waals surface area contributed by atoms with E-state index in [0.717, 1.165) is 11.3 Å². The van der Waals surface area contributed by atoms with E-state index in [1.54, 1.807) is 24.3 Å². The predicted octanol–water partition coefficient (Wildman–Crippen LogP) is 2.91. The molecule has 0 amide bonds. The van der Waals surface area contributed by atoms with Gasteiger partial charge in [0.1, 0.15) is 11.5 Å². The van der Waals surface area contributed by atoms with Gasteiger partial charge < -0.3 is 9.73 Å². The lowest BCUT2D eigenvalue weighted by atomic mass is 10.2. The average molecular weight is 400 g/mol. The van der Waals surface area contributed by atoms with Crippen molar-refractivity contribution < 1.29 is 12.8 Å². The Bertz CT molecular complexity index is 1060. The first-order chi connectivity index (χ1) is 12.9. The molecule has 0 aliphatic rings. The second kappa shape index (κ2) is 8.12. The van der Waals surface area contributed by atoms with E-state index in [0.29, 0.717) is 16.6 Å². The molecule has 3 rings (SSSR count). The largest absolute Gasteiger partial charge is 0.455 e. The first-order valence-corrected chi connectivity index (χ1v) is 9.75. The number of nitrogens with one attached hydrogen (secondary N) is 2. The molecule has 0 aliphatic carbocycles. The molecule has 27 heavy (non-hydrogen) atoms. The second-order valence-corrected chi connectivity index (χ2v) is 7.43. The van der Waals surface area contributed by atoms with Gasteiger partial charge in [0.05, 0.1) is 11.1 Å². The van der Waals surface area contributed by atoms with Crippen LogP contribution in [0.5, 0.6) is 0 Å². The quantitative estimate of drug-likeness (QED) is 0.345. The van der Waals surface area contributed by atoms with E-state index in [2.05, 4.69) is 15.8 Å². The highest BCUT2D eigenvalue weighted by Gasteiger charge is 2.09. The number of benzene rings is 2. The first-order valence-electron chi connectivity index (χ1n) is 7.80. The fourth-order valence-electron chi connectivity index (χ4n) is 2.22. The third kappa shape index (κ3) is 5.23. The molecule has 0 radical (unpaired) electrons. The number of anilines is 1. The molecule has 1 heterocycles. The van der Waals surface area contributed by atoms with Gasteiger partial charge in [-0.15, -0.1) is 0 Å². The second-order valence-electron chi connectivity index (χ2n) is 5.46. The average Bonchev–Trinajstić information content (AvgIpc) is 3.11. The molecule has 1 aromatic heterocycles. The van der Waals surface area contributed by atoms with Crippen LogP contribution in [0.1, 0.15) is 5.76 Å². The lowest BCUT2D eigenvalue weighted by Crippen LogP contribution is -2.23. The summed E-state index contributed by atoms with van der Waals surface area (Å²) < 4.78 is 28.2. The summed E-state index contributed by atoms with van der Waals surface area (Å²) in [5.41, 5.74) is 4.28. The summed E-state index contributed by atoms with van der Waals surface area (Å²) in [4.78, 5) is 0.0446. The van der Waals surface area contributed by atoms with Crippen LogP contribution in [0.25, 0.3) is 11.3 Å². The van der Waals surface area contributed by atoms with Crippen LogP contribution in [-0.4, -0.2) is 19.7 Å². The van der Waals surface area contributed by atoms with Gasteiger partial charge in [-0.1, -0.05) is 18.2 Å². The summed E-state index contributed by atoms with van der Waals surface area (Å²) >= 11 is 5.15. The molecule has 138 valence electrons. The van der Waals surface area contributed by atoms with Gasteiger partial charge in [-0.3, -0.25) is 5.43 Å². The maximum Gasteiger partial charge on any atom is 0.238 e. The Morgan fingerprint density at radius 3 is 2.41 bits per heavy atom. The van der Waals surface area contributed by atoms with Gasteiger partial charge in [-0.2, -0.15) is 5.10 Å². The highest BCUT2D eigenvalue weighted by atomic mass is 32.2. The van der Waals surface area contributed by atoms with Gasteiger partial charge in [0.2, 0.25) is 10.0 Å². The number of nitrogens with zero attached hydrogens (tertiary/aromatic N) is 1. The van der Waals surface area contributed by atoms with Crippen molar-refractivity contribution in [2.75, 3.05) is 5.32 Å². The number of para-hydroxylation sites is 1. The van der Waals surface area contributed by atoms with E-state index in [9.17, 15) is 8.42 Å². The minimum absolute atomic E-state index is 0.0446. The molecule has 9 heteroatoms. The van der Waals surface area contributed by atoms with Crippen molar-refractivity contribution in [2.45, 2.75) is 4.90 Å². The fraction of sp³-hybridized carbons (Fsp3) is 0. The molecule has 4 N–H and O–H groups in total. The third-order valence-electron chi connectivity index (χ3n) is 3.48. The maximum atomic E-state index is 11.3. The van der Waals surface area contributed by atoms with Crippen LogP contribution in [0.15, 0.2) is 81.1 Å².